The van der Waals surface area contributed by atoms with Crippen molar-refractivity contribution in [3.05, 3.63) is 65.5 Å². The van der Waals surface area contributed by atoms with Crippen LogP contribution < -0.4 is 15.4 Å². The average Bonchev–Trinajstić information content (AvgIpc) is 3.33. The van der Waals surface area contributed by atoms with E-state index in [-0.39, 0.29) is 50.5 Å². The molecule has 12 heteroatoms. The van der Waals surface area contributed by atoms with E-state index in [1.807, 2.05) is 18.2 Å². The highest BCUT2D eigenvalue weighted by Crippen LogP contribution is 2.25. The zero-order valence-corrected chi connectivity index (χ0v) is 21.5. The maximum atomic E-state index is 14.0. The standard InChI is InChI=1S/C27H31FN4O7/c1-31-11-5-8-22(30-26(35)39-15-17-6-3-2-4-7-17)24(33)29-19-13-20(32(14-19)27(36)37)16-38-23-10-9-18(28)12-21(23)25(31)34/h2-4,6-7,9-10,12,19-20,22H,5,8,11,13-16H2,1H3,(H,29,33)(H,30,35)(H,36,37)/t19-,20+,22+/m1/s1. The van der Waals surface area contributed by atoms with E-state index >= 15 is 0 Å². The fraction of sp³-hybridized carbons (Fsp3) is 0.407. The van der Waals surface area contributed by atoms with Crippen LogP contribution in [0.15, 0.2) is 48.5 Å². The van der Waals surface area contributed by atoms with Crippen molar-refractivity contribution in [2.24, 2.45) is 0 Å². The van der Waals surface area contributed by atoms with Crippen LogP contribution in [0.1, 0.15) is 35.2 Å². The highest BCUT2D eigenvalue weighted by atomic mass is 19.1. The summed E-state index contributed by atoms with van der Waals surface area (Å²) < 4.78 is 25.1. The summed E-state index contributed by atoms with van der Waals surface area (Å²) in [6, 6.07) is 10.5. The first kappa shape index (κ1) is 27.7. The Morgan fingerprint density at radius 2 is 1.97 bits per heavy atom. The van der Waals surface area contributed by atoms with Crippen LogP contribution in [0.25, 0.3) is 0 Å². The van der Waals surface area contributed by atoms with Crippen LogP contribution in [0.2, 0.25) is 0 Å². The van der Waals surface area contributed by atoms with Gasteiger partial charge in [-0.15, -0.1) is 0 Å². The molecule has 2 aliphatic rings. The molecule has 0 radical (unpaired) electrons. The molecule has 11 nitrogen and oxygen atoms in total. The molecule has 0 aromatic heterocycles. The number of carbonyl (C=O) groups is 4. The predicted octanol–water partition coefficient (Wildman–Crippen LogP) is 2.60. The number of likely N-dealkylation sites (tertiary alicyclic amines) is 1. The predicted molar refractivity (Wildman–Crippen MR) is 137 cm³/mol. The Balaban J connectivity index is 1.52. The molecule has 0 aliphatic carbocycles. The number of rotatable bonds is 3. The van der Waals surface area contributed by atoms with Crippen LogP contribution in [0.3, 0.4) is 0 Å². The first-order chi connectivity index (χ1) is 18.7. The molecule has 1 fully saturated rings. The van der Waals surface area contributed by atoms with Crippen molar-refractivity contribution in [3.63, 3.8) is 0 Å². The van der Waals surface area contributed by atoms with E-state index in [1.165, 1.54) is 17.0 Å². The van der Waals surface area contributed by atoms with Crippen LogP contribution in [0, 0.1) is 5.82 Å². The minimum absolute atomic E-state index is 0.0113. The normalized spacial score (nSPS) is 22.1. The van der Waals surface area contributed by atoms with E-state index in [2.05, 4.69) is 10.6 Å². The molecule has 2 aliphatic heterocycles. The van der Waals surface area contributed by atoms with Gasteiger partial charge in [-0.2, -0.15) is 0 Å². The first-order valence-electron chi connectivity index (χ1n) is 12.7. The molecule has 2 aromatic carbocycles. The Hall–Kier alpha value is -4.35. The second-order valence-electron chi connectivity index (χ2n) is 9.61. The van der Waals surface area contributed by atoms with Gasteiger partial charge in [-0.3, -0.25) is 14.5 Å². The summed E-state index contributed by atoms with van der Waals surface area (Å²) in [6.45, 7) is 0.171. The molecule has 4 amide bonds. The fourth-order valence-electron chi connectivity index (χ4n) is 4.71. The molecule has 208 valence electrons. The van der Waals surface area contributed by atoms with Gasteiger partial charge in [0.05, 0.1) is 11.6 Å². The highest BCUT2D eigenvalue weighted by molar-refractivity contribution is 5.96. The number of amides is 4. The van der Waals surface area contributed by atoms with Gasteiger partial charge in [0.1, 0.15) is 30.8 Å². The Morgan fingerprint density at radius 1 is 1.21 bits per heavy atom. The lowest BCUT2D eigenvalue weighted by atomic mass is 10.1. The summed E-state index contributed by atoms with van der Waals surface area (Å²) in [4.78, 5) is 53.2. The van der Waals surface area contributed by atoms with E-state index in [0.717, 1.165) is 16.5 Å². The van der Waals surface area contributed by atoms with Crippen LogP contribution in [0.5, 0.6) is 5.75 Å². The van der Waals surface area contributed by atoms with E-state index in [9.17, 15) is 28.7 Å². The molecule has 1 saturated heterocycles. The smallest absolute Gasteiger partial charge is 0.408 e. The number of carboxylic acid groups (broad SMARTS) is 1. The van der Waals surface area contributed by atoms with Gasteiger partial charge in [-0.1, -0.05) is 30.3 Å². The second-order valence-corrected chi connectivity index (χ2v) is 9.61. The third-order valence-electron chi connectivity index (χ3n) is 6.76. The molecule has 2 heterocycles. The van der Waals surface area contributed by atoms with Crippen molar-refractivity contribution in [1.29, 1.82) is 0 Å². The van der Waals surface area contributed by atoms with Gasteiger partial charge >= 0.3 is 12.2 Å². The van der Waals surface area contributed by atoms with Crippen molar-refractivity contribution in [2.45, 2.75) is 44.0 Å². The van der Waals surface area contributed by atoms with Crippen LogP contribution >= 0.6 is 0 Å². The molecular formula is C27H31FN4O7. The molecule has 39 heavy (non-hydrogen) atoms. The van der Waals surface area contributed by atoms with Crippen molar-refractivity contribution in [2.75, 3.05) is 26.7 Å². The van der Waals surface area contributed by atoms with Gasteiger partial charge < -0.3 is 30.1 Å². The Bertz CT molecular complexity index is 1210. The minimum atomic E-state index is -1.18. The van der Waals surface area contributed by atoms with Gasteiger partial charge in [-0.25, -0.2) is 14.0 Å². The van der Waals surface area contributed by atoms with Crippen molar-refractivity contribution in [3.8, 4) is 5.75 Å². The maximum Gasteiger partial charge on any atom is 0.408 e. The molecule has 2 bridgehead atoms. The largest absolute Gasteiger partial charge is 0.491 e. The number of benzene rings is 2. The van der Waals surface area contributed by atoms with E-state index in [4.69, 9.17) is 9.47 Å². The summed E-state index contributed by atoms with van der Waals surface area (Å²) in [7, 11) is 1.54. The lowest BCUT2D eigenvalue weighted by molar-refractivity contribution is -0.123. The number of hydrogen-bond donors (Lipinski definition) is 3. The summed E-state index contributed by atoms with van der Waals surface area (Å²) in [5.41, 5.74) is 0.793. The number of nitrogens with one attached hydrogen (secondary N) is 2. The number of halogens is 1. The molecule has 2 aromatic rings. The SMILES string of the molecule is CN1CCC[C@H](NC(=O)OCc2ccccc2)C(=O)N[C@@H]2C[C@@H](COc3ccc(F)cc3C1=O)N(C(=O)O)C2. The van der Waals surface area contributed by atoms with E-state index in [1.54, 1.807) is 19.2 Å². The molecule has 3 atom stereocenters. The number of nitrogens with zero attached hydrogens (tertiary/aromatic N) is 2. The fourth-order valence-corrected chi connectivity index (χ4v) is 4.71. The van der Waals surface area contributed by atoms with Crippen LogP contribution in [-0.4, -0.2) is 83.8 Å². The number of ether oxygens (including phenoxy) is 2. The Morgan fingerprint density at radius 3 is 2.72 bits per heavy atom. The Kier molecular flexibility index (Phi) is 8.84. The number of alkyl carbamates (subject to hydrolysis) is 1. The van der Waals surface area contributed by atoms with Crippen LogP contribution in [-0.2, 0) is 16.1 Å². The zero-order valence-electron chi connectivity index (χ0n) is 21.5. The van der Waals surface area contributed by atoms with Gasteiger partial charge in [0, 0.05) is 26.2 Å². The molecule has 0 saturated carbocycles. The third-order valence-corrected chi connectivity index (χ3v) is 6.76. The maximum absolute atomic E-state index is 14.0. The molecular weight excluding hydrogens is 511 g/mol. The molecule has 0 spiro atoms. The monoisotopic (exact) mass is 542 g/mol. The van der Waals surface area contributed by atoms with Crippen molar-refractivity contribution < 1.29 is 38.1 Å². The minimum Gasteiger partial charge on any atom is -0.491 e. The van der Waals surface area contributed by atoms with Gasteiger partial charge in [0.15, 0.2) is 0 Å². The van der Waals surface area contributed by atoms with Crippen molar-refractivity contribution >= 4 is 24.0 Å². The van der Waals surface area contributed by atoms with Gasteiger partial charge in [0.2, 0.25) is 5.91 Å². The average molecular weight is 543 g/mol. The lowest BCUT2D eigenvalue weighted by Gasteiger charge is -2.24. The highest BCUT2D eigenvalue weighted by Gasteiger charge is 2.38. The first-order valence-corrected chi connectivity index (χ1v) is 12.7. The Labute approximate surface area is 224 Å². The summed E-state index contributed by atoms with van der Waals surface area (Å²) >= 11 is 0. The number of hydrogen-bond acceptors (Lipinski definition) is 6. The van der Waals surface area contributed by atoms with Crippen molar-refractivity contribution in [1.82, 2.24) is 20.4 Å². The van der Waals surface area contributed by atoms with Gasteiger partial charge in [-0.05, 0) is 43.0 Å². The second kappa shape index (κ2) is 12.5. The van der Waals surface area contributed by atoms with E-state index < -0.39 is 47.9 Å². The quantitative estimate of drug-likeness (QED) is 0.542. The summed E-state index contributed by atoms with van der Waals surface area (Å²) in [5, 5.41) is 15.1. The van der Waals surface area contributed by atoms with Crippen LogP contribution in [0.4, 0.5) is 14.0 Å². The zero-order chi connectivity index (χ0) is 27.9. The topological polar surface area (TPSA) is 138 Å². The number of fused-ring (bicyclic) bond motifs is 3. The van der Waals surface area contributed by atoms with E-state index in [0.29, 0.717) is 6.42 Å². The summed E-state index contributed by atoms with van der Waals surface area (Å²) in [6.07, 6.45) is -1.20. The molecule has 3 N–H and O–H groups in total. The molecule has 4 rings (SSSR count). The molecule has 0 unspecified atom stereocenters. The van der Waals surface area contributed by atoms with Gasteiger partial charge in [0.25, 0.3) is 5.91 Å². The lowest BCUT2D eigenvalue weighted by Crippen LogP contribution is -2.50. The number of carbonyl (C=O) groups excluding carboxylic acids is 3. The summed E-state index contributed by atoms with van der Waals surface area (Å²) in [5.74, 6) is -1.45. The third kappa shape index (κ3) is 7.15.